The highest BCUT2D eigenvalue weighted by Crippen LogP contribution is 2.37. The summed E-state index contributed by atoms with van der Waals surface area (Å²) in [4.78, 5) is 32.9. The molecular formula is C19H20FN5O3. The fourth-order valence-corrected chi connectivity index (χ4v) is 3.66. The van der Waals surface area contributed by atoms with Crippen molar-refractivity contribution in [3.05, 3.63) is 35.3 Å². The van der Waals surface area contributed by atoms with Crippen LogP contribution in [0.15, 0.2) is 18.3 Å². The fraction of sp³-hybridized carbons (Fsp3) is 0.368. The molecule has 0 saturated carbocycles. The Balaban J connectivity index is 1.68. The number of nitrogen functional groups attached to an aromatic ring is 1. The Kier molecular flexibility index (Phi) is 4.58. The Labute approximate surface area is 160 Å². The van der Waals surface area contributed by atoms with E-state index in [0.29, 0.717) is 23.2 Å². The number of benzene rings is 1. The summed E-state index contributed by atoms with van der Waals surface area (Å²) in [5.74, 6) is -0.537. The molecule has 9 heteroatoms. The molecule has 0 bridgehead atoms. The van der Waals surface area contributed by atoms with Crippen molar-refractivity contribution in [2.45, 2.75) is 32.3 Å². The quantitative estimate of drug-likeness (QED) is 0.834. The van der Waals surface area contributed by atoms with Crippen molar-refractivity contribution in [2.75, 3.05) is 23.7 Å². The lowest BCUT2D eigenvalue weighted by atomic mass is 10.00. The molecule has 4 rings (SSSR count). The van der Waals surface area contributed by atoms with Crippen LogP contribution in [0.3, 0.4) is 0 Å². The minimum atomic E-state index is -0.630. The van der Waals surface area contributed by atoms with E-state index in [1.807, 2.05) is 0 Å². The lowest BCUT2D eigenvalue weighted by Gasteiger charge is -2.18. The molecule has 1 aromatic carbocycles. The minimum Gasteiger partial charge on any atom is -0.442 e. The number of hydrogen-bond acceptors (Lipinski definition) is 6. The molecule has 2 aromatic rings. The second-order valence-corrected chi connectivity index (χ2v) is 6.93. The number of anilines is 2. The van der Waals surface area contributed by atoms with Gasteiger partial charge in [0, 0.05) is 18.7 Å². The predicted molar refractivity (Wildman–Crippen MR) is 100 cm³/mol. The van der Waals surface area contributed by atoms with Crippen LogP contribution in [0.1, 0.15) is 24.5 Å². The van der Waals surface area contributed by atoms with Gasteiger partial charge in [0.25, 0.3) is 0 Å². The number of carbonyl (C=O) groups is 2. The topological polar surface area (TPSA) is 110 Å². The van der Waals surface area contributed by atoms with Crippen molar-refractivity contribution >= 4 is 23.6 Å². The Morgan fingerprint density at radius 1 is 1.43 bits per heavy atom. The van der Waals surface area contributed by atoms with Crippen LogP contribution in [0.4, 0.5) is 20.8 Å². The lowest BCUT2D eigenvalue weighted by Crippen LogP contribution is -2.33. The van der Waals surface area contributed by atoms with Gasteiger partial charge in [-0.05, 0) is 36.5 Å². The molecule has 1 aliphatic heterocycles. The normalized spacial score (nSPS) is 18.1. The van der Waals surface area contributed by atoms with Crippen LogP contribution in [0.25, 0.3) is 11.3 Å². The van der Waals surface area contributed by atoms with Gasteiger partial charge in [-0.1, -0.05) is 6.07 Å². The van der Waals surface area contributed by atoms with Crippen LogP contribution in [0, 0.1) is 5.82 Å². The zero-order valence-corrected chi connectivity index (χ0v) is 15.4. The third kappa shape index (κ3) is 3.23. The molecule has 1 saturated heterocycles. The molecule has 0 spiro atoms. The Bertz CT molecular complexity index is 965. The second kappa shape index (κ2) is 7.06. The summed E-state index contributed by atoms with van der Waals surface area (Å²) in [5, 5.41) is 2.61. The predicted octanol–water partition coefficient (Wildman–Crippen LogP) is 1.81. The zero-order chi connectivity index (χ0) is 19.8. The number of amides is 2. The van der Waals surface area contributed by atoms with Gasteiger partial charge in [0.2, 0.25) is 11.9 Å². The van der Waals surface area contributed by atoms with Crippen LogP contribution in [0.2, 0.25) is 0 Å². The molecular weight excluding hydrogens is 365 g/mol. The number of rotatable bonds is 3. The lowest BCUT2D eigenvalue weighted by molar-refractivity contribution is -0.119. The molecule has 1 atom stereocenters. The highest BCUT2D eigenvalue weighted by molar-refractivity contribution is 5.91. The first-order chi connectivity index (χ1) is 13.4. The third-order valence-corrected chi connectivity index (χ3v) is 4.98. The summed E-state index contributed by atoms with van der Waals surface area (Å²) >= 11 is 0. The number of nitrogens with zero attached hydrogens (tertiary/aromatic N) is 3. The van der Waals surface area contributed by atoms with Gasteiger partial charge in [0.1, 0.15) is 6.10 Å². The van der Waals surface area contributed by atoms with Crippen LogP contribution in [-0.4, -0.2) is 41.2 Å². The van der Waals surface area contributed by atoms with E-state index in [4.69, 9.17) is 10.5 Å². The molecule has 2 amide bonds. The van der Waals surface area contributed by atoms with E-state index in [2.05, 4.69) is 15.3 Å². The Morgan fingerprint density at radius 2 is 2.25 bits per heavy atom. The summed E-state index contributed by atoms with van der Waals surface area (Å²) in [6.45, 7) is 1.74. The van der Waals surface area contributed by atoms with Gasteiger partial charge in [0.15, 0.2) is 5.82 Å². The molecule has 1 aromatic heterocycles. The number of cyclic esters (lactones) is 1. The average Bonchev–Trinajstić information content (AvgIpc) is 2.92. The number of aromatic nitrogens is 2. The summed E-state index contributed by atoms with van der Waals surface area (Å²) < 4.78 is 20.6. The number of hydrogen-bond donors (Lipinski definition) is 2. The molecule has 1 aliphatic carbocycles. The number of halogens is 1. The average molecular weight is 385 g/mol. The maximum atomic E-state index is 15.4. The van der Waals surface area contributed by atoms with E-state index < -0.39 is 18.0 Å². The molecule has 1 fully saturated rings. The van der Waals surface area contributed by atoms with Crippen molar-refractivity contribution in [2.24, 2.45) is 0 Å². The number of ether oxygens (including phenoxy) is 1. The van der Waals surface area contributed by atoms with Gasteiger partial charge in [-0.25, -0.2) is 19.2 Å². The first kappa shape index (κ1) is 18.1. The molecule has 146 valence electrons. The molecule has 2 aliphatic rings. The van der Waals surface area contributed by atoms with E-state index in [0.717, 1.165) is 18.4 Å². The van der Waals surface area contributed by atoms with Crippen molar-refractivity contribution in [1.82, 2.24) is 15.3 Å². The molecule has 2 heterocycles. The number of nitrogens with two attached hydrogens (primary N) is 1. The summed E-state index contributed by atoms with van der Waals surface area (Å²) in [5.41, 5.74) is 8.63. The number of fused-ring (bicyclic) bond motifs is 3. The van der Waals surface area contributed by atoms with E-state index in [-0.39, 0.29) is 30.6 Å². The summed E-state index contributed by atoms with van der Waals surface area (Å²) in [7, 11) is 0. The number of aryl methyl sites for hydroxylation is 1. The maximum Gasteiger partial charge on any atom is 0.414 e. The summed E-state index contributed by atoms with van der Waals surface area (Å²) in [6, 6.07) is 3.32. The summed E-state index contributed by atoms with van der Waals surface area (Å²) in [6.07, 6.45) is 2.51. The van der Waals surface area contributed by atoms with Crippen molar-refractivity contribution < 1.29 is 18.7 Å². The van der Waals surface area contributed by atoms with Gasteiger partial charge in [0.05, 0.1) is 24.5 Å². The third-order valence-electron chi connectivity index (χ3n) is 4.98. The first-order valence-electron chi connectivity index (χ1n) is 9.09. The fourth-order valence-electron chi connectivity index (χ4n) is 3.66. The van der Waals surface area contributed by atoms with Crippen LogP contribution in [-0.2, 0) is 22.4 Å². The van der Waals surface area contributed by atoms with E-state index in [9.17, 15) is 9.59 Å². The van der Waals surface area contributed by atoms with Crippen molar-refractivity contribution in [3.63, 3.8) is 0 Å². The molecule has 0 unspecified atom stereocenters. The highest BCUT2D eigenvalue weighted by Gasteiger charge is 2.35. The molecule has 3 N–H and O–H groups in total. The van der Waals surface area contributed by atoms with Gasteiger partial charge in [-0.3, -0.25) is 9.69 Å². The molecule has 0 radical (unpaired) electrons. The second-order valence-electron chi connectivity index (χ2n) is 6.93. The Hall–Kier alpha value is -3.23. The van der Waals surface area contributed by atoms with Crippen LogP contribution in [0.5, 0.6) is 0 Å². The van der Waals surface area contributed by atoms with Crippen molar-refractivity contribution in [3.8, 4) is 11.3 Å². The van der Waals surface area contributed by atoms with Crippen molar-refractivity contribution in [1.29, 1.82) is 0 Å². The van der Waals surface area contributed by atoms with Gasteiger partial charge in [-0.15, -0.1) is 0 Å². The smallest absolute Gasteiger partial charge is 0.414 e. The standard InChI is InChI=1S/C19H20FN5O3/c1-10(26)22-8-12-9-25(19(27)28-12)15-6-5-14-13(16(15)20)4-2-3-11-7-23-18(21)24-17(11)14/h5-7,12H,2-4,8-9H2,1H3,(H,22,26)(H2,21,23,24)/t12-/m0/s1. The monoisotopic (exact) mass is 385 g/mol. The van der Waals surface area contributed by atoms with E-state index in [1.165, 1.54) is 11.8 Å². The first-order valence-corrected chi connectivity index (χ1v) is 9.09. The minimum absolute atomic E-state index is 0.139. The zero-order valence-electron chi connectivity index (χ0n) is 15.4. The largest absolute Gasteiger partial charge is 0.442 e. The SMILES string of the molecule is CC(=O)NC[C@H]1CN(c2ccc3c(c2F)CCCc2cnc(N)nc2-3)C(=O)O1. The Morgan fingerprint density at radius 3 is 3.04 bits per heavy atom. The number of nitrogens with one attached hydrogen (secondary N) is 1. The van der Waals surface area contributed by atoms with Crippen LogP contribution >= 0.6 is 0 Å². The van der Waals surface area contributed by atoms with E-state index in [1.54, 1.807) is 18.3 Å². The maximum absolute atomic E-state index is 15.4. The van der Waals surface area contributed by atoms with Gasteiger partial charge < -0.3 is 15.8 Å². The van der Waals surface area contributed by atoms with Gasteiger partial charge >= 0.3 is 6.09 Å². The molecule has 8 nitrogen and oxygen atoms in total. The van der Waals surface area contributed by atoms with Crippen LogP contribution < -0.4 is 16.0 Å². The van der Waals surface area contributed by atoms with Gasteiger partial charge in [-0.2, -0.15) is 0 Å². The van der Waals surface area contributed by atoms with E-state index >= 15 is 4.39 Å². The molecule has 28 heavy (non-hydrogen) atoms. The number of carbonyl (C=O) groups excluding carboxylic acids is 2. The highest BCUT2D eigenvalue weighted by atomic mass is 19.1.